The molecular weight excluding hydrogens is 400 g/mol. The molecular formula is C21H25ClO5S. The van der Waals surface area contributed by atoms with Crippen LogP contribution in [0.3, 0.4) is 0 Å². The molecule has 7 heteroatoms. The van der Waals surface area contributed by atoms with E-state index in [1.807, 2.05) is 37.3 Å². The molecule has 28 heavy (non-hydrogen) atoms. The number of aliphatic hydroxyl groups excluding tert-OH is 3. The van der Waals surface area contributed by atoms with Crippen LogP contribution in [0.2, 0.25) is 5.02 Å². The topological polar surface area (TPSA) is 79.2 Å². The fourth-order valence-corrected chi connectivity index (χ4v) is 4.17. The number of thioether (sulfide) groups is 1. The molecule has 3 N–H and O–H groups in total. The van der Waals surface area contributed by atoms with Crippen LogP contribution in [-0.2, 0) is 11.2 Å². The average Bonchev–Trinajstić information content (AvgIpc) is 2.70. The maximum atomic E-state index is 10.4. The second-order valence-electron chi connectivity index (χ2n) is 6.74. The maximum Gasteiger partial charge on any atom is 0.132 e. The normalized spacial score (nSPS) is 27.6. The molecule has 0 saturated carbocycles. The van der Waals surface area contributed by atoms with Crippen LogP contribution in [0.5, 0.6) is 5.75 Å². The van der Waals surface area contributed by atoms with Crippen molar-refractivity contribution in [3.05, 3.63) is 64.2 Å². The first-order valence-electron chi connectivity index (χ1n) is 9.17. The van der Waals surface area contributed by atoms with E-state index in [0.717, 1.165) is 16.9 Å². The van der Waals surface area contributed by atoms with Crippen LogP contribution < -0.4 is 4.74 Å². The zero-order valence-corrected chi connectivity index (χ0v) is 17.4. The van der Waals surface area contributed by atoms with Crippen molar-refractivity contribution in [3.8, 4) is 5.75 Å². The lowest BCUT2D eigenvalue weighted by Gasteiger charge is -2.40. The standard InChI is InChI=1S/C21H25ClO5S/c1-3-26-15-7-4-12(5-8-15)10-14-11-13(6-9-16(14)22)20-18(24)17(23)19(25)21(27-20)28-2/h4-9,11,17-21,23-25H,3,10H2,1-2H3/t17-,18+,19-,20-,21+/m0/s1. The van der Waals surface area contributed by atoms with Gasteiger partial charge in [0, 0.05) is 5.02 Å². The van der Waals surface area contributed by atoms with E-state index in [1.54, 1.807) is 18.4 Å². The van der Waals surface area contributed by atoms with E-state index in [0.29, 0.717) is 23.6 Å². The van der Waals surface area contributed by atoms with Gasteiger partial charge in [-0.2, -0.15) is 0 Å². The van der Waals surface area contributed by atoms with Gasteiger partial charge < -0.3 is 24.8 Å². The minimum absolute atomic E-state index is 0.610. The Morgan fingerprint density at radius 3 is 2.39 bits per heavy atom. The highest BCUT2D eigenvalue weighted by molar-refractivity contribution is 7.99. The minimum atomic E-state index is -1.28. The molecule has 1 aliphatic rings. The Morgan fingerprint density at radius 2 is 1.75 bits per heavy atom. The summed E-state index contributed by atoms with van der Waals surface area (Å²) in [6, 6.07) is 13.3. The molecule has 0 aliphatic carbocycles. The highest BCUT2D eigenvalue weighted by Gasteiger charge is 2.44. The quantitative estimate of drug-likeness (QED) is 0.661. The van der Waals surface area contributed by atoms with Gasteiger partial charge in [-0.25, -0.2) is 0 Å². The third-order valence-electron chi connectivity index (χ3n) is 4.83. The van der Waals surface area contributed by atoms with Crippen molar-refractivity contribution >= 4 is 23.4 Å². The van der Waals surface area contributed by atoms with Gasteiger partial charge in [0.05, 0.1) is 6.61 Å². The van der Waals surface area contributed by atoms with Gasteiger partial charge in [0.2, 0.25) is 0 Å². The smallest absolute Gasteiger partial charge is 0.132 e. The summed E-state index contributed by atoms with van der Waals surface area (Å²) in [4.78, 5) is 0. The predicted octanol–water partition coefficient (Wildman–Crippen LogP) is 3.17. The number of ether oxygens (including phenoxy) is 2. The van der Waals surface area contributed by atoms with E-state index >= 15 is 0 Å². The molecule has 1 saturated heterocycles. The molecule has 0 radical (unpaired) electrons. The van der Waals surface area contributed by atoms with Crippen molar-refractivity contribution in [1.82, 2.24) is 0 Å². The van der Waals surface area contributed by atoms with Gasteiger partial charge in [0.25, 0.3) is 0 Å². The molecule has 0 unspecified atom stereocenters. The van der Waals surface area contributed by atoms with Crippen molar-refractivity contribution in [1.29, 1.82) is 0 Å². The fourth-order valence-electron chi connectivity index (χ4n) is 3.32. The first-order chi connectivity index (χ1) is 13.4. The monoisotopic (exact) mass is 424 g/mol. The van der Waals surface area contributed by atoms with E-state index < -0.39 is 29.9 Å². The van der Waals surface area contributed by atoms with E-state index in [1.165, 1.54) is 11.8 Å². The van der Waals surface area contributed by atoms with Crippen LogP contribution in [0, 0.1) is 0 Å². The van der Waals surface area contributed by atoms with Crippen LogP contribution in [0.25, 0.3) is 0 Å². The van der Waals surface area contributed by atoms with Crippen LogP contribution in [0.4, 0.5) is 0 Å². The number of benzene rings is 2. The molecule has 1 heterocycles. The Hall–Kier alpha value is -1.28. The second-order valence-corrected chi connectivity index (χ2v) is 8.08. The second kappa shape index (κ2) is 9.48. The van der Waals surface area contributed by atoms with E-state index in [4.69, 9.17) is 21.1 Å². The Balaban J connectivity index is 1.82. The van der Waals surface area contributed by atoms with Gasteiger partial charge in [-0.05, 0) is 54.5 Å². The summed E-state index contributed by atoms with van der Waals surface area (Å²) in [5, 5.41) is 31.2. The summed E-state index contributed by atoms with van der Waals surface area (Å²) < 4.78 is 11.3. The lowest BCUT2D eigenvalue weighted by atomic mass is 9.92. The number of hydrogen-bond acceptors (Lipinski definition) is 6. The molecule has 1 fully saturated rings. The molecule has 0 aromatic heterocycles. The number of halogens is 1. The largest absolute Gasteiger partial charge is 0.494 e. The average molecular weight is 425 g/mol. The first kappa shape index (κ1) is 21.4. The first-order valence-corrected chi connectivity index (χ1v) is 10.8. The Bertz CT molecular complexity index is 783. The summed E-state index contributed by atoms with van der Waals surface area (Å²) in [5.41, 5.74) is 2.06. The lowest BCUT2D eigenvalue weighted by Crippen LogP contribution is -2.52. The Kier molecular flexibility index (Phi) is 7.25. The van der Waals surface area contributed by atoms with Crippen molar-refractivity contribution in [3.63, 3.8) is 0 Å². The van der Waals surface area contributed by atoms with Crippen molar-refractivity contribution in [2.75, 3.05) is 12.9 Å². The summed E-state index contributed by atoms with van der Waals surface area (Å²) in [5.74, 6) is 0.820. The van der Waals surface area contributed by atoms with Crippen molar-refractivity contribution in [2.45, 2.75) is 43.2 Å². The summed E-state index contributed by atoms with van der Waals surface area (Å²) in [7, 11) is 0. The SMILES string of the molecule is CCOc1ccc(Cc2cc([C@@H]3O[C@H](SC)[C@@H](O)[C@@H](O)[C@H]3O)ccc2Cl)cc1. The van der Waals surface area contributed by atoms with Gasteiger partial charge in [-0.3, -0.25) is 0 Å². The summed E-state index contributed by atoms with van der Waals surface area (Å²) >= 11 is 7.68. The molecule has 0 bridgehead atoms. The fraction of sp³-hybridized carbons (Fsp3) is 0.429. The molecule has 1 aliphatic heterocycles. The predicted molar refractivity (Wildman–Crippen MR) is 111 cm³/mol. The molecule has 0 spiro atoms. The lowest BCUT2D eigenvalue weighted by molar-refractivity contribution is -0.200. The third-order valence-corrected chi connectivity index (χ3v) is 6.05. The maximum absolute atomic E-state index is 10.4. The van der Waals surface area contributed by atoms with Crippen LogP contribution in [0.15, 0.2) is 42.5 Å². The number of hydrogen-bond donors (Lipinski definition) is 3. The van der Waals surface area contributed by atoms with Gasteiger partial charge >= 0.3 is 0 Å². The zero-order valence-electron chi connectivity index (χ0n) is 15.8. The van der Waals surface area contributed by atoms with Gasteiger partial charge in [0.1, 0.15) is 35.6 Å². The molecule has 2 aromatic carbocycles. The van der Waals surface area contributed by atoms with Crippen LogP contribution in [-0.4, -0.2) is 51.9 Å². The molecule has 2 aromatic rings. The zero-order chi connectivity index (χ0) is 20.3. The van der Waals surface area contributed by atoms with E-state index in [9.17, 15) is 15.3 Å². The molecule has 0 amide bonds. The van der Waals surface area contributed by atoms with Crippen LogP contribution in [0.1, 0.15) is 29.7 Å². The van der Waals surface area contributed by atoms with Gasteiger partial charge in [0.15, 0.2) is 0 Å². The van der Waals surface area contributed by atoms with Gasteiger partial charge in [-0.1, -0.05) is 35.9 Å². The molecule has 3 rings (SSSR count). The highest BCUT2D eigenvalue weighted by atomic mass is 35.5. The Labute approximate surface area is 174 Å². The number of rotatable bonds is 6. The highest BCUT2D eigenvalue weighted by Crippen LogP contribution is 2.37. The van der Waals surface area contributed by atoms with E-state index in [-0.39, 0.29) is 0 Å². The van der Waals surface area contributed by atoms with Crippen LogP contribution >= 0.6 is 23.4 Å². The molecule has 5 nitrogen and oxygen atoms in total. The summed E-state index contributed by atoms with van der Waals surface area (Å²) in [6.45, 7) is 2.56. The number of aliphatic hydroxyl groups is 3. The van der Waals surface area contributed by atoms with Crippen molar-refractivity contribution < 1.29 is 24.8 Å². The van der Waals surface area contributed by atoms with Crippen molar-refractivity contribution in [2.24, 2.45) is 0 Å². The summed E-state index contributed by atoms with van der Waals surface area (Å²) in [6.07, 6.45) is -1.99. The minimum Gasteiger partial charge on any atom is -0.494 e. The van der Waals surface area contributed by atoms with Gasteiger partial charge in [-0.15, -0.1) is 11.8 Å². The molecule has 5 atom stereocenters. The molecule has 152 valence electrons. The third kappa shape index (κ3) is 4.64. The Morgan fingerprint density at radius 1 is 1.04 bits per heavy atom. The van der Waals surface area contributed by atoms with E-state index in [2.05, 4.69) is 0 Å².